The molecule has 2 aromatic carbocycles. The van der Waals surface area contributed by atoms with E-state index < -0.39 is 32.4 Å². The topological polar surface area (TPSA) is 105 Å². The summed E-state index contributed by atoms with van der Waals surface area (Å²) in [7, 11) is -3.90. The fourth-order valence-electron chi connectivity index (χ4n) is 2.60. The molecule has 0 fully saturated rings. The van der Waals surface area contributed by atoms with Gasteiger partial charge in [0.15, 0.2) is 0 Å². The molecule has 162 valence electrons. The highest BCUT2D eigenvalue weighted by Crippen LogP contribution is 2.30. The smallest absolute Gasteiger partial charge is 0.272 e. The number of hydrogen-bond acceptors (Lipinski definition) is 6. The summed E-state index contributed by atoms with van der Waals surface area (Å²) in [5.74, 6) is 0. The number of rotatable bonds is 8. The van der Waals surface area contributed by atoms with Crippen LogP contribution >= 0.6 is 0 Å². The standard InChI is InChI=1S/C18H19F3N4O4S/c1-3-24(4-2)30(28,29)15-8-9-16(17(11-15)25(26)27)23-22-12-13-6-5-7-14(10-13)18(19,20)21/h5-12,23H,3-4H2,1-2H3. The van der Waals surface area contributed by atoms with Crippen LogP contribution in [0.5, 0.6) is 0 Å². The van der Waals surface area contributed by atoms with Gasteiger partial charge in [0.05, 0.1) is 21.6 Å². The zero-order valence-corrected chi connectivity index (χ0v) is 16.9. The first kappa shape index (κ1) is 23.3. The molecule has 12 heteroatoms. The number of nitro benzene ring substituents is 1. The lowest BCUT2D eigenvalue weighted by molar-refractivity contribution is -0.384. The predicted molar refractivity (Wildman–Crippen MR) is 106 cm³/mol. The van der Waals surface area contributed by atoms with Gasteiger partial charge >= 0.3 is 6.18 Å². The van der Waals surface area contributed by atoms with Crippen LogP contribution in [0.4, 0.5) is 24.5 Å². The highest BCUT2D eigenvalue weighted by atomic mass is 32.2. The van der Waals surface area contributed by atoms with Crippen molar-refractivity contribution in [2.75, 3.05) is 18.5 Å². The fraction of sp³-hybridized carbons (Fsp3) is 0.278. The Labute approximate surface area is 171 Å². The molecule has 0 spiro atoms. The largest absolute Gasteiger partial charge is 0.416 e. The van der Waals surface area contributed by atoms with Gasteiger partial charge in [0.2, 0.25) is 10.0 Å². The van der Waals surface area contributed by atoms with E-state index in [1.807, 2.05) is 0 Å². The Morgan fingerprint density at radius 1 is 1.17 bits per heavy atom. The molecule has 0 aromatic heterocycles. The van der Waals surface area contributed by atoms with Gasteiger partial charge in [-0.15, -0.1) is 0 Å². The molecule has 0 bridgehead atoms. The lowest BCUT2D eigenvalue weighted by Crippen LogP contribution is -2.30. The zero-order chi connectivity index (χ0) is 22.5. The van der Waals surface area contributed by atoms with Gasteiger partial charge in [-0.3, -0.25) is 15.5 Å². The summed E-state index contributed by atoms with van der Waals surface area (Å²) in [6.45, 7) is 3.70. The Hall–Kier alpha value is -2.99. The number of hydrogen-bond donors (Lipinski definition) is 1. The Balaban J connectivity index is 2.31. The van der Waals surface area contributed by atoms with Crippen LogP contribution < -0.4 is 5.43 Å². The van der Waals surface area contributed by atoms with Gasteiger partial charge in [0, 0.05) is 19.2 Å². The van der Waals surface area contributed by atoms with Crippen LogP contribution in [0, 0.1) is 10.1 Å². The van der Waals surface area contributed by atoms with Gasteiger partial charge in [-0.2, -0.15) is 22.6 Å². The third kappa shape index (κ3) is 5.33. The van der Waals surface area contributed by atoms with Gasteiger partial charge in [0.25, 0.3) is 5.69 Å². The van der Waals surface area contributed by atoms with Crippen LogP contribution in [0.3, 0.4) is 0 Å². The number of anilines is 1. The molecule has 1 N–H and O–H groups in total. The Morgan fingerprint density at radius 3 is 2.40 bits per heavy atom. The molecule has 0 aliphatic rings. The van der Waals surface area contributed by atoms with Crippen LogP contribution in [0.1, 0.15) is 25.0 Å². The fourth-order valence-corrected chi connectivity index (χ4v) is 4.08. The van der Waals surface area contributed by atoms with Gasteiger partial charge in [0.1, 0.15) is 5.69 Å². The molecule has 0 radical (unpaired) electrons. The molecule has 0 heterocycles. The van der Waals surface area contributed by atoms with Gasteiger partial charge in [-0.25, -0.2) is 8.42 Å². The monoisotopic (exact) mass is 444 g/mol. The highest BCUT2D eigenvalue weighted by molar-refractivity contribution is 7.89. The molecule has 2 aromatic rings. The zero-order valence-electron chi connectivity index (χ0n) is 16.0. The van der Waals surface area contributed by atoms with Crippen LogP contribution in [0.2, 0.25) is 0 Å². The number of sulfonamides is 1. The Kier molecular flexibility index (Phi) is 7.16. The van der Waals surface area contributed by atoms with Gasteiger partial charge in [-0.05, 0) is 29.8 Å². The summed E-state index contributed by atoms with van der Waals surface area (Å²) in [4.78, 5) is 10.4. The lowest BCUT2D eigenvalue weighted by atomic mass is 10.1. The Morgan fingerprint density at radius 2 is 1.83 bits per heavy atom. The second-order valence-electron chi connectivity index (χ2n) is 6.02. The first-order valence-corrected chi connectivity index (χ1v) is 10.2. The molecule has 0 amide bonds. The third-order valence-corrected chi connectivity index (χ3v) is 6.17. The van der Waals surface area contributed by atoms with Crippen molar-refractivity contribution >= 4 is 27.6 Å². The summed E-state index contributed by atoms with van der Waals surface area (Å²) in [5.41, 5.74) is 0.996. The quantitative estimate of drug-likeness (QED) is 0.375. The van der Waals surface area contributed by atoms with Gasteiger partial charge < -0.3 is 0 Å². The maximum absolute atomic E-state index is 12.8. The van der Waals surface area contributed by atoms with Crippen LogP contribution in [-0.4, -0.2) is 37.0 Å². The van der Waals surface area contributed by atoms with E-state index >= 15 is 0 Å². The minimum absolute atomic E-state index is 0.110. The van der Waals surface area contributed by atoms with Crippen LogP contribution in [-0.2, 0) is 16.2 Å². The van der Waals surface area contributed by atoms with Crippen molar-refractivity contribution in [2.45, 2.75) is 24.9 Å². The molecule has 0 saturated carbocycles. The molecule has 2 rings (SSSR count). The van der Waals surface area contributed by atoms with Crippen molar-refractivity contribution in [3.8, 4) is 0 Å². The summed E-state index contributed by atoms with van der Waals surface area (Å²) in [6, 6.07) is 7.66. The van der Waals surface area contributed by atoms with E-state index in [0.717, 1.165) is 28.7 Å². The van der Waals surface area contributed by atoms with E-state index in [9.17, 15) is 31.7 Å². The number of nitrogens with one attached hydrogen (secondary N) is 1. The highest BCUT2D eigenvalue weighted by Gasteiger charge is 2.30. The molecule has 0 saturated heterocycles. The summed E-state index contributed by atoms with van der Waals surface area (Å²) < 4.78 is 64.5. The molecule has 0 atom stereocenters. The SMILES string of the molecule is CCN(CC)S(=O)(=O)c1ccc(NN=Cc2cccc(C(F)(F)F)c2)c([N+](=O)[O-])c1. The number of nitro groups is 1. The number of benzene rings is 2. The Bertz CT molecular complexity index is 1050. The van der Waals surface area contributed by atoms with E-state index in [1.165, 1.54) is 24.3 Å². The summed E-state index contributed by atoms with van der Waals surface area (Å²) in [5, 5.41) is 15.1. The van der Waals surface area contributed by atoms with E-state index in [4.69, 9.17) is 0 Å². The lowest BCUT2D eigenvalue weighted by Gasteiger charge is -2.18. The van der Waals surface area contributed by atoms with Crippen molar-refractivity contribution in [1.29, 1.82) is 0 Å². The third-order valence-electron chi connectivity index (χ3n) is 4.12. The van der Waals surface area contributed by atoms with Crippen molar-refractivity contribution in [3.05, 3.63) is 63.7 Å². The van der Waals surface area contributed by atoms with Crippen molar-refractivity contribution in [1.82, 2.24) is 4.31 Å². The minimum atomic E-state index is -4.51. The summed E-state index contributed by atoms with van der Waals surface area (Å²) >= 11 is 0. The normalized spacial score (nSPS) is 12.5. The number of hydrazone groups is 1. The van der Waals surface area contributed by atoms with E-state index in [-0.39, 0.29) is 29.2 Å². The second kappa shape index (κ2) is 9.22. The van der Waals surface area contributed by atoms with Crippen LogP contribution in [0.25, 0.3) is 0 Å². The number of halogens is 3. The average molecular weight is 444 g/mol. The molecule has 30 heavy (non-hydrogen) atoms. The maximum atomic E-state index is 12.8. The molecular weight excluding hydrogens is 425 g/mol. The molecular formula is C18H19F3N4O4S. The predicted octanol–water partition coefficient (Wildman–Crippen LogP) is 4.09. The first-order chi connectivity index (χ1) is 14.0. The average Bonchev–Trinajstić information content (AvgIpc) is 2.68. The molecule has 0 aliphatic carbocycles. The van der Waals surface area contributed by atoms with Gasteiger partial charge in [-0.1, -0.05) is 26.0 Å². The molecule has 0 unspecified atom stereocenters. The van der Waals surface area contributed by atoms with Crippen LogP contribution in [0.15, 0.2) is 52.5 Å². The summed E-state index contributed by atoms with van der Waals surface area (Å²) in [6.07, 6.45) is -3.44. The number of alkyl halides is 3. The molecule has 0 aliphatic heterocycles. The number of nitrogens with zero attached hydrogens (tertiary/aromatic N) is 3. The maximum Gasteiger partial charge on any atom is 0.416 e. The minimum Gasteiger partial charge on any atom is -0.272 e. The van der Waals surface area contributed by atoms with E-state index in [1.54, 1.807) is 13.8 Å². The second-order valence-corrected chi connectivity index (χ2v) is 7.96. The van der Waals surface area contributed by atoms with E-state index in [0.29, 0.717) is 0 Å². The van der Waals surface area contributed by atoms with E-state index in [2.05, 4.69) is 10.5 Å². The van der Waals surface area contributed by atoms with Crippen molar-refractivity contribution in [2.24, 2.45) is 5.10 Å². The van der Waals surface area contributed by atoms with Crippen molar-refractivity contribution in [3.63, 3.8) is 0 Å². The first-order valence-electron chi connectivity index (χ1n) is 8.75. The van der Waals surface area contributed by atoms with Crippen molar-refractivity contribution < 1.29 is 26.5 Å². The molecule has 8 nitrogen and oxygen atoms in total.